The highest BCUT2D eigenvalue weighted by Crippen LogP contribution is 2.25. The van der Waals surface area contributed by atoms with Gasteiger partial charge < -0.3 is 4.74 Å². The highest BCUT2D eigenvalue weighted by atomic mass is 35.5. The third kappa shape index (κ3) is 3.88. The van der Waals surface area contributed by atoms with Crippen LogP contribution in [0.15, 0.2) is 36.4 Å². The summed E-state index contributed by atoms with van der Waals surface area (Å²) in [6.07, 6.45) is 0. The first-order chi connectivity index (χ1) is 10.4. The van der Waals surface area contributed by atoms with Crippen molar-refractivity contribution in [3.8, 4) is 0 Å². The maximum Gasteiger partial charge on any atom is 0.339 e. The SMILES string of the molecule is O=C(OCc1ccc(Cl)c(Cl)c1)c1ccc([N+](=O)[O-])cc1Cl. The smallest absolute Gasteiger partial charge is 0.339 e. The molecule has 0 atom stereocenters. The second kappa shape index (κ2) is 6.96. The summed E-state index contributed by atoms with van der Waals surface area (Å²) in [6.45, 7) is -0.0248. The molecule has 8 heteroatoms. The van der Waals surface area contributed by atoms with Gasteiger partial charge in [0.15, 0.2) is 0 Å². The van der Waals surface area contributed by atoms with Gasteiger partial charge in [-0.15, -0.1) is 0 Å². The van der Waals surface area contributed by atoms with Crippen LogP contribution in [0.25, 0.3) is 0 Å². The summed E-state index contributed by atoms with van der Waals surface area (Å²) in [4.78, 5) is 21.9. The van der Waals surface area contributed by atoms with Gasteiger partial charge in [0.05, 0.1) is 25.6 Å². The molecule has 0 saturated carbocycles. The summed E-state index contributed by atoms with van der Waals surface area (Å²) in [5, 5.41) is 11.3. The van der Waals surface area contributed by atoms with Crippen LogP contribution in [-0.4, -0.2) is 10.9 Å². The van der Waals surface area contributed by atoms with E-state index in [0.29, 0.717) is 15.6 Å². The zero-order valence-electron chi connectivity index (χ0n) is 10.9. The Hall–Kier alpha value is -1.82. The Morgan fingerprint density at radius 2 is 1.77 bits per heavy atom. The lowest BCUT2D eigenvalue weighted by Crippen LogP contribution is -2.06. The zero-order valence-corrected chi connectivity index (χ0v) is 13.2. The van der Waals surface area contributed by atoms with Crippen molar-refractivity contribution in [2.24, 2.45) is 0 Å². The first-order valence-corrected chi connectivity index (χ1v) is 7.07. The number of non-ortho nitro benzene ring substituents is 1. The molecule has 0 bridgehead atoms. The van der Waals surface area contributed by atoms with E-state index >= 15 is 0 Å². The molecule has 5 nitrogen and oxygen atoms in total. The lowest BCUT2D eigenvalue weighted by atomic mass is 10.2. The van der Waals surface area contributed by atoms with Gasteiger partial charge in [-0.1, -0.05) is 40.9 Å². The molecule has 2 aromatic rings. The van der Waals surface area contributed by atoms with Crippen molar-refractivity contribution >= 4 is 46.5 Å². The van der Waals surface area contributed by atoms with E-state index in [0.717, 1.165) is 6.07 Å². The Bertz CT molecular complexity index is 749. The summed E-state index contributed by atoms with van der Waals surface area (Å²) in [6, 6.07) is 8.36. The summed E-state index contributed by atoms with van der Waals surface area (Å²) in [5.74, 6) is -0.689. The number of hydrogen-bond acceptors (Lipinski definition) is 4. The molecule has 0 spiro atoms. The molecule has 0 unspecified atom stereocenters. The number of carbonyl (C=O) groups excluding carboxylic acids is 1. The molecular weight excluding hydrogens is 353 g/mol. The number of nitrogens with zero attached hydrogens (tertiary/aromatic N) is 1. The number of ether oxygens (including phenoxy) is 1. The van der Waals surface area contributed by atoms with E-state index in [-0.39, 0.29) is 22.9 Å². The van der Waals surface area contributed by atoms with E-state index in [1.165, 1.54) is 12.1 Å². The van der Waals surface area contributed by atoms with E-state index in [9.17, 15) is 14.9 Å². The Morgan fingerprint density at radius 1 is 1.05 bits per heavy atom. The average molecular weight is 361 g/mol. The summed E-state index contributed by atoms with van der Waals surface area (Å²) in [5.41, 5.74) is 0.499. The number of carbonyl (C=O) groups is 1. The van der Waals surface area contributed by atoms with Crippen LogP contribution in [-0.2, 0) is 11.3 Å². The molecule has 2 rings (SSSR count). The maximum atomic E-state index is 11.9. The molecule has 0 heterocycles. The first-order valence-electron chi connectivity index (χ1n) is 5.93. The molecule has 0 aliphatic carbocycles. The van der Waals surface area contributed by atoms with E-state index in [1.807, 2.05) is 0 Å². The highest BCUT2D eigenvalue weighted by Gasteiger charge is 2.16. The van der Waals surface area contributed by atoms with Crippen molar-refractivity contribution in [1.82, 2.24) is 0 Å². The maximum absolute atomic E-state index is 11.9. The fraction of sp³-hybridized carbons (Fsp3) is 0.0714. The van der Waals surface area contributed by atoms with Crippen molar-refractivity contribution in [3.05, 3.63) is 72.7 Å². The van der Waals surface area contributed by atoms with Crippen LogP contribution >= 0.6 is 34.8 Å². The molecule has 0 radical (unpaired) electrons. The van der Waals surface area contributed by atoms with Crippen LogP contribution in [0.2, 0.25) is 15.1 Å². The van der Waals surface area contributed by atoms with Crippen molar-refractivity contribution in [2.45, 2.75) is 6.61 Å². The van der Waals surface area contributed by atoms with E-state index in [4.69, 9.17) is 39.5 Å². The topological polar surface area (TPSA) is 69.4 Å². The van der Waals surface area contributed by atoms with Gasteiger partial charge in [0, 0.05) is 12.1 Å². The molecule has 22 heavy (non-hydrogen) atoms. The summed E-state index contributed by atoms with van der Waals surface area (Å²) in [7, 11) is 0. The van der Waals surface area contributed by atoms with Crippen LogP contribution in [0.1, 0.15) is 15.9 Å². The molecule has 114 valence electrons. The third-order valence-corrected chi connectivity index (χ3v) is 3.79. The minimum absolute atomic E-state index is 0.0248. The number of nitro groups is 1. The molecule has 0 N–H and O–H groups in total. The van der Waals surface area contributed by atoms with Gasteiger partial charge in [0.25, 0.3) is 5.69 Å². The minimum atomic E-state index is -0.689. The number of halogens is 3. The number of nitro benzene ring substituents is 1. The molecule has 0 amide bonds. The van der Waals surface area contributed by atoms with Crippen LogP contribution in [0, 0.1) is 10.1 Å². The van der Waals surface area contributed by atoms with Crippen molar-refractivity contribution in [1.29, 1.82) is 0 Å². The normalized spacial score (nSPS) is 10.3. The van der Waals surface area contributed by atoms with Gasteiger partial charge >= 0.3 is 5.97 Å². The minimum Gasteiger partial charge on any atom is -0.457 e. The van der Waals surface area contributed by atoms with Gasteiger partial charge in [-0.25, -0.2) is 4.79 Å². The Morgan fingerprint density at radius 3 is 2.36 bits per heavy atom. The lowest BCUT2D eigenvalue weighted by Gasteiger charge is -2.07. The van der Waals surface area contributed by atoms with Gasteiger partial charge in [0.1, 0.15) is 6.61 Å². The monoisotopic (exact) mass is 359 g/mol. The molecule has 0 aromatic heterocycles. The van der Waals surface area contributed by atoms with Gasteiger partial charge in [-0.2, -0.15) is 0 Å². The van der Waals surface area contributed by atoms with Crippen molar-refractivity contribution < 1.29 is 14.5 Å². The molecule has 0 saturated heterocycles. The van der Waals surface area contributed by atoms with Crippen molar-refractivity contribution in [3.63, 3.8) is 0 Å². The largest absolute Gasteiger partial charge is 0.457 e. The zero-order chi connectivity index (χ0) is 16.3. The molecule has 0 fully saturated rings. The van der Waals surface area contributed by atoms with Crippen molar-refractivity contribution in [2.75, 3.05) is 0 Å². The molecule has 2 aromatic carbocycles. The second-order valence-electron chi connectivity index (χ2n) is 4.25. The molecule has 0 aliphatic heterocycles. The average Bonchev–Trinajstić information content (AvgIpc) is 2.48. The standard InChI is InChI=1S/C14H8Cl3NO4/c15-11-4-1-8(5-13(11)17)7-22-14(19)10-3-2-9(18(20)21)6-12(10)16/h1-6H,7H2. The lowest BCUT2D eigenvalue weighted by molar-refractivity contribution is -0.384. The van der Waals surface area contributed by atoms with Crippen LogP contribution in [0.3, 0.4) is 0 Å². The Labute approximate surface area is 140 Å². The first kappa shape index (κ1) is 16.5. The van der Waals surface area contributed by atoms with Crippen LogP contribution < -0.4 is 0 Å². The van der Waals surface area contributed by atoms with Gasteiger partial charge in [-0.05, 0) is 23.8 Å². The van der Waals surface area contributed by atoms with E-state index in [1.54, 1.807) is 18.2 Å². The number of hydrogen-bond donors (Lipinski definition) is 0. The van der Waals surface area contributed by atoms with Crippen LogP contribution in [0.5, 0.6) is 0 Å². The summed E-state index contributed by atoms with van der Waals surface area (Å²) < 4.78 is 5.10. The quantitative estimate of drug-likeness (QED) is 0.441. The molecule has 0 aliphatic rings. The van der Waals surface area contributed by atoms with Gasteiger partial charge in [0.2, 0.25) is 0 Å². The predicted octanol–water partition coefficient (Wildman–Crippen LogP) is 4.91. The fourth-order valence-corrected chi connectivity index (χ4v) is 2.21. The predicted molar refractivity (Wildman–Crippen MR) is 83.7 cm³/mol. The number of benzene rings is 2. The Balaban J connectivity index is 2.09. The number of rotatable bonds is 4. The number of esters is 1. The Kier molecular flexibility index (Phi) is 5.24. The van der Waals surface area contributed by atoms with Gasteiger partial charge in [-0.3, -0.25) is 10.1 Å². The second-order valence-corrected chi connectivity index (χ2v) is 5.47. The fourth-order valence-electron chi connectivity index (χ4n) is 1.64. The highest BCUT2D eigenvalue weighted by molar-refractivity contribution is 6.42. The molecular formula is C14H8Cl3NO4. The van der Waals surface area contributed by atoms with E-state index in [2.05, 4.69) is 0 Å². The third-order valence-electron chi connectivity index (χ3n) is 2.74. The summed E-state index contributed by atoms with van der Waals surface area (Å²) >= 11 is 17.5. The van der Waals surface area contributed by atoms with Crippen LogP contribution in [0.4, 0.5) is 5.69 Å². The van der Waals surface area contributed by atoms with E-state index < -0.39 is 10.9 Å².